The van der Waals surface area contributed by atoms with Crippen molar-refractivity contribution >= 4 is 57.0 Å². The summed E-state index contributed by atoms with van der Waals surface area (Å²) in [6, 6.07) is 27.4. The maximum absolute atomic E-state index is 12.7. The molecule has 34 heavy (non-hydrogen) atoms. The van der Waals surface area contributed by atoms with Crippen LogP contribution in [0.3, 0.4) is 0 Å². The van der Waals surface area contributed by atoms with Crippen LogP contribution in [0.1, 0.15) is 27.2 Å². The van der Waals surface area contributed by atoms with E-state index in [-0.39, 0.29) is 5.91 Å². The zero-order chi connectivity index (χ0) is 23.7. The van der Waals surface area contributed by atoms with Gasteiger partial charge in [-0.3, -0.25) is 4.79 Å². The molecule has 0 spiro atoms. The summed E-state index contributed by atoms with van der Waals surface area (Å²) in [4.78, 5) is 12.7. The molecule has 1 aromatic heterocycles. The number of carbonyl (C=O) groups excluding carboxylic acids is 1. The summed E-state index contributed by atoms with van der Waals surface area (Å²) in [6.07, 6.45) is 1.71. The van der Waals surface area contributed by atoms with Crippen LogP contribution in [0.4, 0.5) is 0 Å². The summed E-state index contributed by atoms with van der Waals surface area (Å²) < 4.78 is 2.21. The first-order valence-electron chi connectivity index (χ1n) is 10.9. The molecule has 0 radical (unpaired) electrons. The number of fused-ring (bicyclic) bond motifs is 2. The van der Waals surface area contributed by atoms with Gasteiger partial charge in [0.05, 0.1) is 16.3 Å². The van der Waals surface area contributed by atoms with Crippen LogP contribution in [0, 0.1) is 6.92 Å². The molecule has 1 N–H and O–H groups in total. The topological polar surface area (TPSA) is 46.4 Å². The van der Waals surface area contributed by atoms with Gasteiger partial charge in [-0.15, -0.1) is 0 Å². The van der Waals surface area contributed by atoms with Crippen molar-refractivity contribution in [3.8, 4) is 0 Å². The maximum Gasteiger partial charge on any atom is 0.271 e. The van der Waals surface area contributed by atoms with Crippen LogP contribution < -0.4 is 5.43 Å². The van der Waals surface area contributed by atoms with Crippen LogP contribution in [0.2, 0.25) is 10.0 Å². The molecular weight excluding hydrogens is 465 g/mol. The molecule has 6 heteroatoms. The molecule has 0 aliphatic carbocycles. The Hall–Kier alpha value is -3.60. The number of hydrogen-bond donors (Lipinski definition) is 1. The van der Waals surface area contributed by atoms with E-state index in [4.69, 9.17) is 23.2 Å². The molecule has 0 fully saturated rings. The van der Waals surface area contributed by atoms with Gasteiger partial charge in [0.25, 0.3) is 5.91 Å². The zero-order valence-corrected chi connectivity index (χ0v) is 19.9. The van der Waals surface area contributed by atoms with Gasteiger partial charge < -0.3 is 4.57 Å². The first-order valence-corrected chi connectivity index (χ1v) is 11.6. The van der Waals surface area contributed by atoms with Crippen LogP contribution >= 0.6 is 23.2 Å². The Kier molecular flexibility index (Phi) is 6.10. The van der Waals surface area contributed by atoms with E-state index in [0.29, 0.717) is 22.2 Å². The fraction of sp³-hybridized carbons (Fsp3) is 0.0714. The summed E-state index contributed by atoms with van der Waals surface area (Å²) >= 11 is 12.3. The van der Waals surface area contributed by atoms with Gasteiger partial charge in [0, 0.05) is 34.3 Å². The molecule has 168 valence electrons. The molecule has 5 aromatic rings. The Labute approximate surface area is 207 Å². The third kappa shape index (κ3) is 4.30. The van der Waals surface area contributed by atoms with Crippen LogP contribution in [0.15, 0.2) is 90.0 Å². The van der Waals surface area contributed by atoms with E-state index in [1.54, 1.807) is 6.21 Å². The molecule has 0 aliphatic rings. The first-order chi connectivity index (χ1) is 16.5. The highest BCUT2D eigenvalue weighted by molar-refractivity contribution is 6.42. The fourth-order valence-corrected chi connectivity index (χ4v) is 4.52. The van der Waals surface area contributed by atoms with Crippen LogP contribution in [0.25, 0.3) is 21.7 Å². The summed E-state index contributed by atoms with van der Waals surface area (Å²) in [5.41, 5.74) is 7.35. The lowest BCUT2D eigenvalue weighted by molar-refractivity contribution is 0.0955. The largest absolute Gasteiger partial charge is 0.340 e. The fourth-order valence-electron chi connectivity index (χ4n) is 4.20. The number of para-hydroxylation sites is 1. The average molecular weight is 486 g/mol. The van der Waals surface area contributed by atoms with Crippen molar-refractivity contribution < 1.29 is 4.79 Å². The van der Waals surface area contributed by atoms with Crippen molar-refractivity contribution in [3.05, 3.63) is 117 Å². The average Bonchev–Trinajstić information content (AvgIpc) is 3.12. The monoisotopic (exact) mass is 485 g/mol. The molecule has 0 saturated carbocycles. The predicted octanol–water partition coefficient (Wildman–Crippen LogP) is 7.22. The van der Waals surface area contributed by atoms with E-state index in [1.807, 2.05) is 79.7 Å². The Morgan fingerprint density at radius 2 is 1.68 bits per heavy atom. The summed E-state index contributed by atoms with van der Waals surface area (Å²) in [5.74, 6) is -0.251. The third-order valence-corrected chi connectivity index (χ3v) is 6.71. The molecule has 1 amide bonds. The van der Waals surface area contributed by atoms with E-state index in [1.165, 1.54) is 0 Å². The highest BCUT2D eigenvalue weighted by Gasteiger charge is 2.13. The van der Waals surface area contributed by atoms with Gasteiger partial charge >= 0.3 is 0 Å². The second kappa shape index (κ2) is 9.34. The minimum absolute atomic E-state index is 0.251. The van der Waals surface area contributed by atoms with Crippen LogP contribution in [-0.2, 0) is 6.54 Å². The Balaban J connectivity index is 1.42. The SMILES string of the molecule is Cc1c(/C=N\NC(=O)c2ccc3ccccc3c2)c2ccccc2n1Cc1ccc(Cl)c(Cl)c1. The molecule has 0 aliphatic heterocycles. The normalized spacial score (nSPS) is 11.5. The molecule has 4 nitrogen and oxygen atoms in total. The van der Waals surface area contributed by atoms with Gasteiger partial charge in [-0.25, -0.2) is 5.43 Å². The number of carbonyl (C=O) groups is 1. The number of aromatic nitrogens is 1. The van der Waals surface area contributed by atoms with E-state index >= 15 is 0 Å². The molecule has 0 bridgehead atoms. The smallest absolute Gasteiger partial charge is 0.271 e. The number of rotatable bonds is 5. The summed E-state index contributed by atoms with van der Waals surface area (Å²) in [7, 11) is 0. The van der Waals surface area contributed by atoms with Crippen LogP contribution in [0.5, 0.6) is 0 Å². The number of hydrazone groups is 1. The Morgan fingerprint density at radius 3 is 2.50 bits per heavy atom. The van der Waals surface area contributed by atoms with E-state index in [2.05, 4.69) is 27.2 Å². The Morgan fingerprint density at radius 1 is 0.912 bits per heavy atom. The van der Waals surface area contributed by atoms with Crippen molar-refractivity contribution in [2.45, 2.75) is 13.5 Å². The lowest BCUT2D eigenvalue weighted by atomic mass is 10.1. The number of hydrogen-bond acceptors (Lipinski definition) is 2. The summed E-state index contributed by atoms with van der Waals surface area (Å²) in [5, 5.41) is 8.51. The number of nitrogens with one attached hydrogen (secondary N) is 1. The molecule has 0 saturated heterocycles. The lowest BCUT2D eigenvalue weighted by Gasteiger charge is -2.09. The minimum atomic E-state index is -0.251. The van der Waals surface area contributed by atoms with Crippen molar-refractivity contribution in [1.82, 2.24) is 9.99 Å². The van der Waals surface area contributed by atoms with Crippen molar-refractivity contribution in [2.24, 2.45) is 5.10 Å². The second-order valence-corrected chi connectivity index (χ2v) is 8.93. The molecular formula is C28H21Cl2N3O. The molecule has 0 unspecified atom stereocenters. The van der Waals surface area contributed by atoms with E-state index in [9.17, 15) is 4.79 Å². The number of halogens is 2. The highest BCUT2D eigenvalue weighted by Crippen LogP contribution is 2.28. The van der Waals surface area contributed by atoms with Crippen molar-refractivity contribution in [1.29, 1.82) is 0 Å². The maximum atomic E-state index is 12.7. The highest BCUT2D eigenvalue weighted by atomic mass is 35.5. The van der Waals surface area contributed by atoms with Crippen molar-refractivity contribution in [2.75, 3.05) is 0 Å². The van der Waals surface area contributed by atoms with Crippen LogP contribution in [-0.4, -0.2) is 16.7 Å². The standard InChI is InChI=1S/C28H21Cl2N3O/c1-18-24(16-31-32-28(34)22-12-11-20-6-2-3-7-21(20)15-22)23-8-4-5-9-27(23)33(18)17-19-10-13-25(29)26(30)14-19/h2-16H,17H2,1H3,(H,32,34)/b31-16-. The molecule has 0 atom stereocenters. The molecule has 1 heterocycles. The number of amides is 1. The first kappa shape index (κ1) is 22.2. The van der Waals surface area contributed by atoms with E-state index in [0.717, 1.165) is 38.5 Å². The minimum Gasteiger partial charge on any atom is -0.340 e. The number of nitrogens with zero attached hydrogens (tertiary/aromatic N) is 2. The van der Waals surface area contributed by atoms with Gasteiger partial charge in [0.2, 0.25) is 0 Å². The van der Waals surface area contributed by atoms with E-state index < -0.39 is 0 Å². The summed E-state index contributed by atoms with van der Waals surface area (Å²) in [6.45, 7) is 2.69. The second-order valence-electron chi connectivity index (χ2n) is 8.11. The van der Waals surface area contributed by atoms with Gasteiger partial charge in [0.15, 0.2) is 0 Å². The zero-order valence-electron chi connectivity index (χ0n) is 18.4. The van der Waals surface area contributed by atoms with Crippen molar-refractivity contribution in [3.63, 3.8) is 0 Å². The van der Waals surface area contributed by atoms with Gasteiger partial charge in [-0.2, -0.15) is 5.10 Å². The molecule has 5 rings (SSSR count). The number of benzene rings is 4. The van der Waals surface area contributed by atoms with Gasteiger partial charge in [0.1, 0.15) is 0 Å². The lowest BCUT2D eigenvalue weighted by Crippen LogP contribution is -2.17. The Bertz CT molecular complexity index is 1570. The van der Waals surface area contributed by atoms with Gasteiger partial charge in [-0.05, 0) is 53.6 Å². The third-order valence-electron chi connectivity index (χ3n) is 5.98. The van der Waals surface area contributed by atoms with Gasteiger partial charge in [-0.1, -0.05) is 77.8 Å². The predicted molar refractivity (Wildman–Crippen MR) is 141 cm³/mol. The molecule has 4 aromatic carbocycles. The quantitative estimate of drug-likeness (QED) is 0.207.